The van der Waals surface area contributed by atoms with Crippen LogP contribution in [0.3, 0.4) is 0 Å². The fourth-order valence-electron chi connectivity index (χ4n) is 2.41. The van der Waals surface area contributed by atoms with Crippen LogP contribution in [0.2, 0.25) is 0 Å². The number of carbonyl (C=O) groups excluding carboxylic acids is 1. The Hall–Kier alpha value is -2.05. The topological polar surface area (TPSA) is 87.5 Å². The Morgan fingerprint density at radius 1 is 1.40 bits per heavy atom. The Balaban J connectivity index is 2.07. The number of imidazole rings is 1. The van der Waals surface area contributed by atoms with Crippen LogP contribution in [0.5, 0.6) is 0 Å². The monoisotopic (exact) mass is 280 g/mol. The van der Waals surface area contributed by atoms with Crippen molar-refractivity contribution in [3.8, 4) is 0 Å². The Morgan fingerprint density at radius 3 is 2.70 bits per heavy atom. The third-order valence-corrected chi connectivity index (χ3v) is 3.99. The summed E-state index contributed by atoms with van der Waals surface area (Å²) in [6.45, 7) is 5.17. The summed E-state index contributed by atoms with van der Waals surface area (Å²) in [6, 6.07) is -0.342. The zero-order valence-corrected chi connectivity index (χ0v) is 11.8. The second-order valence-corrected chi connectivity index (χ2v) is 4.98. The maximum atomic E-state index is 12.3. The van der Waals surface area contributed by atoms with E-state index in [4.69, 9.17) is 0 Å². The van der Waals surface area contributed by atoms with Crippen LogP contribution in [0.1, 0.15) is 32.5 Å². The number of carboxylic acids is 1. The molecular weight excluding hydrogens is 260 g/mol. The highest BCUT2D eigenvalue weighted by Gasteiger charge is 2.38. The molecule has 0 saturated heterocycles. The molecule has 110 valence electrons. The number of nitrogens with zero attached hydrogens (tertiary/aromatic N) is 3. The van der Waals surface area contributed by atoms with Crippen molar-refractivity contribution in [2.75, 3.05) is 6.54 Å². The molecule has 2 heterocycles. The van der Waals surface area contributed by atoms with E-state index in [2.05, 4.69) is 10.3 Å². The van der Waals surface area contributed by atoms with E-state index in [1.165, 1.54) is 0 Å². The highest BCUT2D eigenvalue weighted by atomic mass is 16.4. The van der Waals surface area contributed by atoms with E-state index in [1.807, 2.05) is 10.8 Å². The van der Waals surface area contributed by atoms with Gasteiger partial charge in [-0.05, 0) is 12.8 Å². The molecule has 2 N–H and O–H groups in total. The Morgan fingerprint density at radius 2 is 2.10 bits per heavy atom. The van der Waals surface area contributed by atoms with Gasteiger partial charge in [-0.15, -0.1) is 0 Å². The Bertz CT molecular complexity index is 507. The lowest BCUT2D eigenvalue weighted by atomic mass is 9.93. The number of urea groups is 1. The first-order valence-corrected chi connectivity index (χ1v) is 6.83. The summed E-state index contributed by atoms with van der Waals surface area (Å²) in [6.07, 6.45) is 4.29. The van der Waals surface area contributed by atoms with Crippen LogP contribution in [0, 0.1) is 0 Å². The zero-order valence-electron chi connectivity index (χ0n) is 11.8. The average Bonchev–Trinajstić information content (AvgIpc) is 2.91. The van der Waals surface area contributed by atoms with E-state index in [0.717, 1.165) is 5.82 Å². The molecule has 2 rings (SSSR count). The number of hydrogen-bond acceptors (Lipinski definition) is 3. The van der Waals surface area contributed by atoms with E-state index in [-0.39, 0.29) is 6.03 Å². The minimum Gasteiger partial charge on any atom is -0.480 e. The standard InChI is InChI=1S/C13H20N4O3/c1-3-13(4-2,11(18)19)15-12(20)17-8-7-16-6-5-14-10(16)9-17/h5-6H,3-4,7-9H2,1-2H3,(H,15,20)(H,18,19). The Labute approximate surface area is 117 Å². The first kappa shape index (κ1) is 14.4. The van der Waals surface area contributed by atoms with Crippen molar-refractivity contribution in [1.82, 2.24) is 19.8 Å². The predicted octanol–water partition coefficient (Wildman–Crippen LogP) is 1.05. The van der Waals surface area contributed by atoms with E-state index in [0.29, 0.717) is 32.5 Å². The number of carboxylic acid groups (broad SMARTS) is 1. The second-order valence-electron chi connectivity index (χ2n) is 4.98. The molecule has 2 amide bonds. The zero-order chi connectivity index (χ0) is 14.8. The van der Waals surface area contributed by atoms with Crippen LogP contribution in [0.25, 0.3) is 0 Å². The van der Waals surface area contributed by atoms with E-state index >= 15 is 0 Å². The summed E-state index contributed by atoms with van der Waals surface area (Å²) >= 11 is 0. The summed E-state index contributed by atoms with van der Waals surface area (Å²) in [5, 5.41) is 12.0. The van der Waals surface area contributed by atoms with Gasteiger partial charge in [-0.25, -0.2) is 14.6 Å². The second kappa shape index (κ2) is 5.52. The molecule has 0 fully saturated rings. The van der Waals surface area contributed by atoms with Crippen LogP contribution in [-0.4, -0.2) is 43.6 Å². The quantitative estimate of drug-likeness (QED) is 0.863. The molecule has 1 aromatic rings. The average molecular weight is 280 g/mol. The normalized spacial score (nSPS) is 14.8. The summed E-state index contributed by atoms with van der Waals surface area (Å²) in [5.41, 5.74) is -1.19. The van der Waals surface area contributed by atoms with E-state index in [1.54, 1.807) is 24.9 Å². The van der Waals surface area contributed by atoms with Gasteiger partial charge in [0.1, 0.15) is 11.4 Å². The van der Waals surface area contributed by atoms with Crippen molar-refractivity contribution >= 4 is 12.0 Å². The molecule has 0 radical (unpaired) electrons. The molecule has 0 unspecified atom stereocenters. The molecular formula is C13H20N4O3. The fourth-order valence-corrected chi connectivity index (χ4v) is 2.41. The van der Waals surface area contributed by atoms with E-state index < -0.39 is 11.5 Å². The first-order chi connectivity index (χ1) is 9.52. The minimum absolute atomic E-state index is 0.342. The number of aromatic nitrogens is 2. The van der Waals surface area contributed by atoms with Gasteiger partial charge in [0, 0.05) is 25.5 Å². The SMILES string of the molecule is CCC(CC)(NC(=O)N1CCn2ccnc2C1)C(=O)O. The molecule has 0 bridgehead atoms. The molecule has 7 heteroatoms. The van der Waals surface area contributed by atoms with Gasteiger partial charge in [0.2, 0.25) is 0 Å². The predicted molar refractivity (Wildman–Crippen MR) is 72.1 cm³/mol. The molecule has 7 nitrogen and oxygen atoms in total. The van der Waals surface area contributed by atoms with Gasteiger partial charge >= 0.3 is 12.0 Å². The molecule has 0 spiro atoms. The Kier molecular flexibility index (Phi) is 3.96. The van der Waals surface area contributed by atoms with Crippen molar-refractivity contribution in [2.24, 2.45) is 0 Å². The maximum absolute atomic E-state index is 12.3. The smallest absolute Gasteiger partial charge is 0.329 e. The summed E-state index contributed by atoms with van der Waals surface area (Å²) in [5.74, 6) is -0.172. The number of nitrogens with one attached hydrogen (secondary N) is 1. The van der Waals surface area contributed by atoms with Crippen molar-refractivity contribution < 1.29 is 14.7 Å². The lowest BCUT2D eigenvalue weighted by Gasteiger charge is -2.33. The van der Waals surface area contributed by atoms with Gasteiger partial charge in [0.25, 0.3) is 0 Å². The maximum Gasteiger partial charge on any atom is 0.329 e. The molecule has 20 heavy (non-hydrogen) atoms. The van der Waals surface area contributed by atoms with Gasteiger partial charge < -0.3 is 19.9 Å². The molecule has 1 aromatic heterocycles. The van der Waals surface area contributed by atoms with E-state index in [9.17, 15) is 14.7 Å². The minimum atomic E-state index is -1.19. The highest BCUT2D eigenvalue weighted by molar-refractivity contribution is 5.86. The number of rotatable bonds is 4. The summed E-state index contributed by atoms with van der Waals surface area (Å²) < 4.78 is 1.99. The van der Waals surface area contributed by atoms with Crippen LogP contribution in [-0.2, 0) is 17.9 Å². The van der Waals surface area contributed by atoms with Gasteiger partial charge in [0.05, 0.1) is 6.54 Å². The third-order valence-electron chi connectivity index (χ3n) is 3.99. The largest absolute Gasteiger partial charge is 0.480 e. The highest BCUT2D eigenvalue weighted by Crippen LogP contribution is 2.17. The fraction of sp³-hybridized carbons (Fsp3) is 0.615. The molecule has 1 aliphatic rings. The van der Waals surface area contributed by atoms with Crippen LogP contribution < -0.4 is 5.32 Å². The number of hydrogen-bond donors (Lipinski definition) is 2. The molecule has 1 aliphatic heterocycles. The number of fused-ring (bicyclic) bond motifs is 1. The van der Waals surface area contributed by atoms with Gasteiger partial charge in [-0.3, -0.25) is 0 Å². The molecule has 0 atom stereocenters. The number of amides is 2. The lowest BCUT2D eigenvalue weighted by Crippen LogP contribution is -2.58. The first-order valence-electron chi connectivity index (χ1n) is 6.83. The summed E-state index contributed by atoms with van der Waals surface area (Å²) in [4.78, 5) is 29.5. The number of carbonyl (C=O) groups is 2. The van der Waals surface area contributed by atoms with Crippen LogP contribution in [0.15, 0.2) is 12.4 Å². The van der Waals surface area contributed by atoms with Gasteiger partial charge in [-0.2, -0.15) is 0 Å². The summed E-state index contributed by atoms with van der Waals surface area (Å²) in [7, 11) is 0. The van der Waals surface area contributed by atoms with Crippen LogP contribution in [0.4, 0.5) is 4.79 Å². The molecule has 0 aromatic carbocycles. The lowest BCUT2D eigenvalue weighted by molar-refractivity contribution is -0.144. The number of aliphatic carboxylic acids is 1. The van der Waals surface area contributed by atoms with Crippen molar-refractivity contribution in [3.05, 3.63) is 18.2 Å². The molecule has 0 aliphatic carbocycles. The van der Waals surface area contributed by atoms with Crippen molar-refractivity contribution in [2.45, 2.75) is 45.3 Å². The van der Waals surface area contributed by atoms with Crippen molar-refractivity contribution in [1.29, 1.82) is 0 Å². The van der Waals surface area contributed by atoms with Gasteiger partial charge in [-0.1, -0.05) is 13.8 Å². The van der Waals surface area contributed by atoms with Crippen molar-refractivity contribution in [3.63, 3.8) is 0 Å². The molecule has 0 saturated carbocycles. The van der Waals surface area contributed by atoms with Crippen LogP contribution >= 0.6 is 0 Å². The third kappa shape index (κ3) is 2.48. The van der Waals surface area contributed by atoms with Gasteiger partial charge in [0.15, 0.2) is 0 Å².